The fourth-order valence-electron chi connectivity index (χ4n) is 1.01. The molecule has 0 fully saturated rings. The summed E-state index contributed by atoms with van der Waals surface area (Å²) in [5.41, 5.74) is 5.31. The molecule has 4 nitrogen and oxygen atoms in total. The Bertz CT molecular complexity index is 427. The normalized spacial score (nSPS) is 11.9. The Morgan fingerprint density at radius 3 is 2.69 bits per heavy atom. The molecule has 8 heteroatoms. The maximum atomic E-state index is 11.7. The first kappa shape index (κ1) is 14.4. The predicted octanol–water partition coefficient (Wildman–Crippen LogP) is 2.18. The molecule has 1 heterocycles. The van der Waals surface area contributed by atoms with Crippen molar-refractivity contribution in [1.82, 2.24) is 4.72 Å². The van der Waals surface area contributed by atoms with Gasteiger partial charge in [0.2, 0.25) is 10.0 Å². The van der Waals surface area contributed by atoms with E-state index in [2.05, 4.69) is 20.7 Å². The second-order valence-corrected chi connectivity index (χ2v) is 7.85. The van der Waals surface area contributed by atoms with Gasteiger partial charge in [0.05, 0.1) is 8.81 Å². The molecule has 0 radical (unpaired) electrons. The van der Waals surface area contributed by atoms with Crippen molar-refractivity contribution in [3.63, 3.8) is 0 Å². The molecule has 0 aliphatic carbocycles. The third kappa shape index (κ3) is 3.97. The molecule has 1 aromatic rings. The summed E-state index contributed by atoms with van der Waals surface area (Å²) in [6.45, 7) is 0.963. The topological polar surface area (TPSA) is 72.2 Å². The van der Waals surface area contributed by atoms with Crippen LogP contribution >= 0.6 is 38.9 Å². The highest BCUT2D eigenvalue weighted by Gasteiger charge is 2.18. The number of nitrogens with one attached hydrogen (secondary N) is 1. The van der Waals surface area contributed by atoms with Gasteiger partial charge in [0.1, 0.15) is 4.21 Å². The van der Waals surface area contributed by atoms with Crippen LogP contribution in [0.4, 0.5) is 0 Å². The van der Waals surface area contributed by atoms with Crippen molar-refractivity contribution in [2.75, 3.05) is 13.1 Å². The van der Waals surface area contributed by atoms with E-state index in [-0.39, 0.29) is 4.21 Å². The van der Waals surface area contributed by atoms with Crippen molar-refractivity contribution >= 4 is 48.9 Å². The van der Waals surface area contributed by atoms with Gasteiger partial charge in [-0.3, -0.25) is 0 Å². The highest BCUT2D eigenvalue weighted by Crippen LogP contribution is 2.34. The zero-order valence-electron chi connectivity index (χ0n) is 8.37. The monoisotopic (exact) mass is 346 g/mol. The smallest absolute Gasteiger partial charge is 0.250 e. The zero-order valence-corrected chi connectivity index (χ0v) is 12.3. The lowest BCUT2D eigenvalue weighted by Crippen LogP contribution is -2.24. The van der Waals surface area contributed by atoms with Crippen LogP contribution in [0.15, 0.2) is 14.1 Å². The highest BCUT2D eigenvalue weighted by molar-refractivity contribution is 9.11. The molecule has 0 atom stereocenters. The number of hydrogen-bond acceptors (Lipinski definition) is 4. The van der Waals surface area contributed by atoms with Gasteiger partial charge in [-0.2, -0.15) is 0 Å². The Balaban J connectivity index is 2.64. The first-order chi connectivity index (χ1) is 7.47. The summed E-state index contributed by atoms with van der Waals surface area (Å²) in [7, 11) is -3.43. The minimum Gasteiger partial charge on any atom is -0.330 e. The van der Waals surface area contributed by atoms with Crippen LogP contribution in [0.25, 0.3) is 0 Å². The maximum absolute atomic E-state index is 11.7. The van der Waals surface area contributed by atoms with E-state index in [0.29, 0.717) is 21.9 Å². The summed E-state index contributed by atoms with van der Waals surface area (Å²) in [6.07, 6.45) is 1.54. The molecular weight excluding hydrogens is 336 g/mol. The van der Waals surface area contributed by atoms with E-state index in [1.54, 1.807) is 0 Å². The predicted molar refractivity (Wildman–Crippen MR) is 70.5 cm³/mol. The van der Waals surface area contributed by atoms with Gasteiger partial charge >= 0.3 is 0 Å². The van der Waals surface area contributed by atoms with Crippen molar-refractivity contribution in [2.24, 2.45) is 5.73 Å². The first-order valence-electron chi connectivity index (χ1n) is 4.62. The molecule has 0 unspecified atom stereocenters. The number of thiophene rings is 1. The van der Waals surface area contributed by atoms with E-state index in [9.17, 15) is 8.42 Å². The molecule has 1 aromatic heterocycles. The van der Waals surface area contributed by atoms with E-state index in [1.165, 1.54) is 6.07 Å². The minimum absolute atomic E-state index is 0.220. The maximum Gasteiger partial charge on any atom is 0.250 e. The fourth-order valence-corrected chi connectivity index (χ4v) is 4.52. The van der Waals surface area contributed by atoms with E-state index in [4.69, 9.17) is 17.3 Å². The standard InChI is InChI=1S/C8H12BrClN2O2S2/c9-8-6(10)5-7(15-8)16(13,14)12-4-2-1-3-11/h5,12H,1-4,11H2. The van der Waals surface area contributed by atoms with Gasteiger partial charge in [-0.1, -0.05) is 11.6 Å². The number of hydrogen-bond donors (Lipinski definition) is 2. The Morgan fingerprint density at radius 1 is 1.50 bits per heavy atom. The van der Waals surface area contributed by atoms with Crippen LogP contribution in [-0.4, -0.2) is 21.5 Å². The second-order valence-electron chi connectivity index (χ2n) is 3.08. The van der Waals surface area contributed by atoms with Gasteiger partial charge in [0.15, 0.2) is 0 Å². The van der Waals surface area contributed by atoms with Crippen molar-refractivity contribution in [1.29, 1.82) is 0 Å². The molecule has 0 aliphatic heterocycles. The summed E-state index contributed by atoms with van der Waals surface area (Å²) in [4.78, 5) is 0. The number of nitrogens with two attached hydrogens (primary N) is 1. The third-order valence-corrected chi connectivity index (χ3v) is 6.22. The van der Waals surface area contributed by atoms with E-state index in [1.807, 2.05) is 0 Å². The average Bonchev–Trinajstić information content (AvgIpc) is 2.55. The molecule has 1 rings (SSSR count). The first-order valence-corrected chi connectivity index (χ1v) is 8.09. The molecule has 0 aromatic carbocycles. The van der Waals surface area contributed by atoms with Crippen molar-refractivity contribution in [2.45, 2.75) is 17.1 Å². The molecule has 0 aliphatic rings. The minimum atomic E-state index is -3.43. The van der Waals surface area contributed by atoms with Gasteiger partial charge in [0, 0.05) is 6.54 Å². The lowest BCUT2D eigenvalue weighted by molar-refractivity contribution is 0.579. The average molecular weight is 348 g/mol. The van der Waals surface area contributed by atoms with Crippen LogP contribution in [0.2, 0.25) is 5.02 Å². The number of sulfonamides is 1. The summed E-state index contributed by atoms with van der Waals surface area (Å²) in [6, 6.07) is 1.43. The summed E-state index contributed by atoms with van der Waals surface area (Å²) >= 11 is 10.0. The SMILES string of the molecule is NCCCCNS(=O)(=O)c1cc(Cl)c(Br)s1. The van der Waals surface area contributed by atoms with Gasteiger partial charge in [-0.15, -0.1) is 11.3 Å². The largest absolute Gasteiger partial charge is 0.330 e. The molecule has 92 valence electrons. The van der Waals surface area contributed by atoms with Gasteiger partial charge in [-0.25, -0.2) is 13.1 Å². The van der Waals surface area contributed by atoms with Crippen LogP contribution in [-0.2, 0) is 10.0 Å². The molecule has 0 spiro atoms. The molecule has 0 saturated heterocycles. The molecule has 0 saturated carbocycles. The lowest BCUT2D eigenvalue weighted by Gasteiger charge is -2.03. The van der Waals surface area contributed by atoms with E-state index >= 15 is 0 Å². The Kier molecular flexibility index (Phi) is 5.69. The fraction of sp³-hybridized carbons (Fsp3) is 0.500. The molecular formula is C8H12BrClN2O2S2. The van der Waals surface area contributed by atoms with E-state index < -0.39 is 10.0 Å². The quantitative estimate of drug-likeness (QED) is 0.775. The second kappa shape index (κ2) is 6.32. The van der Waals surface area contributed by atoms with Crippen molar-refractivity contribution < 1.29 is 8.42 Å². The van der Waals surface area contributed by atoms with Crippen molar-refractivity contribution in [3.05, 3.63) is 14.9 Å². The Morgan fingerprint density at radius 2 is 2.19 bits per heavy atom. The summed E-state index contributed by atoms with van der Waals surface area (Å²) in [5, 5.41) is 0.410. The van der Waals surface area contributed by atoms with Crippen LogP contribution in [0.3, 0.4) is 0 Å². The number of rotatable bonds is 6. The van der Waals surface area contributed by atoms with Crippen LogP contribution in [0.5, 0.6) is 0 Å². The molecule has 0 bridgehead atoms. The van der Waals surface area contributed by atoms with E-state index in [0.717, 1.165) is 24.2 Å². The molecule has 0 amide bonds. The Labute approximate surface area is 112 Å². The van der Waals surface area contributed by atoms with Gasteiger partial charge < -0.3 is 5.73 Å². The van der Waals surface area contributed by atoms with Crippen molar-refractivity contribution in [3.8, 4) is 0 Å². The number of halogens is 2. The molecule has 3 N–H and O–H groups in total. The highest BCUT2D eigenvalue weighted by atomic mass is 79.9. The third-order valence-electron chi connectivity index (χ3n) is 1.81. The number of unbranched alkanes of at least 4 members (excludes halogenated alkanes) is 1. The molecule has 16 heavy (non-hydrogen) atoms. The van der Waals surface area contributed by atoms with Crippen LogP contribution in [0, 0.1) is 0 Å². The van der Waals surface area contributed by atoms with Gasteiger partial charge in [0.25, 0.3) is 0 Å². The van der Waals surface area contributed by atoms with Crippen LogP contribution < -0.4 is 10.5 Å². The summed E-state index contributed by atoms with van der Waals surface area (Å²) < 4.78 is 26.8. The summed E-state index contributed by atoms with van der Waals surface area (Å²) in [5.74, 6) is 0. The Hall–Kier alpha value is 0.340. The zero-order chi connectivity index (χ0) is 12.2. The lowest BCUT2D eigenvalue weighted by atomic mass is 10.3. The van der Waals surface area contributed by atoms with Crippen LogP contribution in [0.1, 0.15) is 12.8 Å². The van der Waals surface area contributed by atoms with Gasteiger partial charge in [-0.05, 0) is 41.4 Å².